The number of rotatable bonds is 2. The van der Waals surface area contributed by atoms with Crippen LogP contribution < -0.4 is 5.32 Å². The Hall–Kier alpha value is -0.650. The van der Waals surface area contributed by atoms with Crippen molar-refractivity contribution in [2.24, 2.45) is 0 Å². The molecule has 0 aliphatic carbocycles. The number of nitrogens with zero attached hydrogens (tertiary/aromatic N) is 1. The third-order valence-electron chi connectivity index (χ3n) is 3.90. The Morgan fingerprint density at radius 2 is 1.83 bits per heavy atom. The average molecular weight is 256 g/mol. The molecule has 0 radical (unpaired) electrons. The quantitative estimate of drug-likeness (QED) is 0.776. The van der Waals surface area contributed by atoms with Crippen LogP contribution in [-0.4, -0.2) is 61.9 Å². The summed E-state index contributed by atoms with van der Waals surface area (Å²) in [6.07, 6.45) is 1.71. The third-order valence-corrected chi connectivity index (χ3v) is 3.90. The zero-order chi connectivity index (χ0) is 13.2. The van der Waals surface area contributed by atoms with Crippen molar-refractivity contribution in [3.8, 4) is 0 Å². The van der Waals surface area contributed by atoms with E-state index in [2.05, 4.69) is 5.32 Å². The molecule has 2 rings (SSSR count). The number of hydrogen-bond donors (Lipinski definition) is 1. The second-order valence-corrected chi connectivity index (χ2v) is 5.42. The van der Waals surface area contributed by atoms with E-state index in [9.17, 15) is 4.79 Å². The Bertz CT molecular complexity index is 293. The van der Waals surface area contributed by atoms with Crippen LogP contribution in [0.2, 0.25) is 0 Å². The number of amides is 1. The Balaban J connectivity index is 2.08. The summed E-state index contributed by atoms with van der Waals surface area (Å²) in [5, 5.41) is 3.27. The van der Waals surface area contributed by atoms with E-state index in [1.54, 1.807) is 7.11 Å². The molecule has 104 valence electrons. The van der Waals surface area contributed by atoms with Gasteiger partial charge in [0.05, 0.1) is 12.2 Å². The Morgan fingerprint density at radius 1 is 1.28 bits per heavy atom. The predicted molar refractivity (Wildman–Crippen MR) is 68.4 cm³/mol. The topological polar surface area (TPSA) is 50.8 Å². The minimum absolute atomic E-state index is 0.105. The average Bonchev–Trinajstić information content (AvgIpc) is 2.37. The zero-order valence-corrected chi connectivity index (χ0v) is 11.6. The second kappa shape index (κ2) is 5.55. The van der Waals surface area contributed by atoms with Crippen LogP contribution >= 0.6 is 0 Å². The lowest BCUT2D eigenvalue weighted by molar-refractivity contribution is -0.168. The fourth-order valence-corrected chi connectivity index (χ4v) is 2.97. The molecular weight excluding hydrogens is 232 g/mol. The highest BCUT2D eigenvalue weighted by molar-refractivity contribution is 5.85. The van der Waals surface area contributed by atoms with E-state index in [0.717, 1.165) is 25.9 Å². The van der Waals surface area contributed by atoms with Gasteiger partial charge in [-0.05, 0) is 39.8 Å². The number of methoxy groups -OCH3 is 1. The van der Waals surface area contributed by atoms with E-state index in [1.165, 1.54) is 0 Å². The van der Waals surface area contributed by atoms with Crippen LogP contribution in [0.5, 0.6) is 0 Å². The summed E-state index contributed by atoms with van der Waals surface area (Å²) in [5.41, 5.74) is -0.623. The summed E-state index contributed by atoms with van der Waals surface area (Å²) in [5.74, 6) is 0.133. The van der Waals surface area contributed by atoms with Crippen molar-refractivity contribution < 1.29 is 14.3 Å². The van der Waals surface area contributed by atoms with Crippen LogP contribution in [0, 0.1) is 0 Å². The van der Waals surface area contributed by atoms with Gasteiger partial charge in [-0.2, -0.15) is 0 Å². The van der Waals surface area contributed by atoms with E-state index in [-0.39, 0.29) is 18.1 Å². The lowest BCUT2D eigenvalue weighted by Gasteiger charge is -2.42. The largest absolute Gasteiger partial charge is 0.372 e. The van der Waals surface area contributed by atoms with Crippen molar-refractivity contribution >= 4 is 5.91 Å². The first-order valence-corrected chi connectivity index (χ1v) is 6.78. The SMILES string of the molecule is COC1(C(=O)N2C[C@H](C)O[C@@H](C)C2)CCNCC1. The summed E-state index contributed by atoms with van der Waals surface area (Å²) in [4.78, 5) is 14.6. The summed E-state index contributed by atoms with van der Waals surface area (Å²) < 4.78 is 11.3. The molecule has 5 heteroatoms. The molecule has 2 saturated heterocycles. The maximum absolute atomic E-state index is 12.7. The molecule has 5 nitrogen and oxygen atoms in total. The molecular formula is C13H24N2O3. The third kappa shape index (κ3) is 2.68. The fourth-order valence-electron chi connectivity index (χ4n) is 2.97. The molecule has 18 heavy (non-hydrogen) atoms. The number of nitrogens with one attached hydrogen (secondary N) is 1. The van der Waals surface area contributed by atoms with Crippen molar-refractivity contribution in [3.05, 3.63) is 0 Å². The predicted octanol–water partition coefficient (Wildman–Crippen LogP) is 0.391. The van der Waals surface area contributed by atoms with E-state index < -0.39 is 5.60 Å². The van der Waals surface area contributed by atoms with Gasteiger partial charge in [0.25, 0.3) is 5.91 Å². The first-order valence-electron chi connectivity index (χ1n) is 6.78. The van der Waals surface area contributed by atoms with Gasteiger partial charge in [-0.15, -0.1) is 0 Å². The minimum atomic E-state index is -0.623. The van der Waals surface area contributed by atoms with Gasteiger partial charge >= 0.3 is 0 Å². The molecule has 1 N–H and O–H groups in total. The molecule has 0 bridgehead atoms. The van der Waals surface area contributed by atoms with Crippen molar-refractivity contribution in [1.29, 1.82) is 0 Å². The summed E-state index contributed by atoms with van der Waals surface area (Å²) in [7, 11) is 1.65. The highest BCUT2D eigenvalue weighted by atomic mass is 16.5. The summed E-state index contributed by atoms with van der Waals surface area (Å²) >= 11 is 0. The summed E-state index contributed by atoms with van der Waals surface area (Å²) in [6, 6.07) is 0. The molecule has 0 aromatic carbocycles. The number of piperidine rings is 1. The smallest absolute Gasteiger partial charge is 0.255 e. The molecule has 0 unspecified atom stereocenters. The van der Waals surface area contributed by atoms with Gasteiger partial charge in [0.1, 0.15) is 5.60 Å². The van der Waals surface area contributed by atoms with Crippen molar-refractivity contribution in [2.45, 2.75) is 44.5 Å². The monoisotopic (exact) mass is 256 g/mol. The number of ether oxygens (including phenoxy) is 2. The van der Waals surface area contributed by atoms with Crippen LogP contribution in [0.3, 0.4) is 0 Å². The van der Waals surface area contributed by atoms with Crippen LogP contribution in [0.4, 0.5) is 0 Å². The fraction of sp³-hybridized carbons (Fsp3) is 0.923. The number of carbonyl (C=O) groups is 1. The zero-order valence-electron chi connectivity index (χ0n) is 11.6. The standard InChI is InChI=1S/C13H24N2O3/c1-10-8-15(9-11(2)18-10)12(16)13(17-3)4-6-14-7-5-13/h10-11,14H,4-9H2,1-3H3/t10-,11-/m0/s1. The highest BCUT2D eigenvalue weighted by Crippen LogP contribution is 2.26. The van der Waals surface area contributed by atoms with Crippen molar-refractivity contribution in [2.75, 3.05) is 33.3 Å². The Labute approximate surface area is 109 Å². The van der Waals surface area contributed by atoms with Crippen molar-refractivity contribution in [3.63, 3.8) is 0 Å². The molecule has 2 fully saturated rings. The van der Waals surface area contributed by atoms with Gasteiger partial charge < -0.3 is 19.7 Å². The molecule has 2 atom stereocenters. The molecule has 0 spiro atoms. The van der Waals surface area contributed by atoms with E-state index in [0.29, 0.717) is 13.1 Å². The maximum atomic E-state index is 12.7. The van der Waals surface area contributed by atoms with Crippen LogP contribution in [0.1, 0.15) is 26.7 Å². The molecule has 2 aliphatic rings. The van der Waals surface area contributed by atoms with Crippen LogP contribution in [0.25, 0.3) is 0 Å². The normalized spacial score (nSPS) is 32.3. The van der Waals surface area contributed by atoms with Gasteiger partial charge in [0.2, 0.25) is 0 Å². The van der Waals surface area contributed by atoms with Gasteiger partial charge in [-0.1, -0.05) is 0 Å². The van der Waals surface area contributed by atoms with Crippen molar-refractivity contribution in [1.82, 2.24) is 10.2 Å². The molecule has 0 saturated carbocycles. The number of morpholine rings is 1. The lowest BCUT2D eigenvalue weighted by Crippen LogP contribution is -2.59. The van der Waals surface area contributed by atoms with Gasteiger partial charge in [0, 0.05) is 20.2 Å². The van der Waals surface area contributed by atoms with E-state index in [4.69, 9.17) is 9.47 Å². The Kier molecular flexibility index (Phi) is 4.25. The van der Waals surface area contributed by atoms with Gasteiger partial charge in [-0.3, -0.25) is 4.79 Å². The maximum Gasteiger partial charge on any atom is 0.255 e. The van der Waals surface area contributed by atoms with Crippen LogP contribution in [0.15, 0.2) is 0 Å². The number of carbonyl (C=O) groups excluding carboxylic acids is 1. The number of hydrogen-bond acceptors (Lipinski definition) is 4. The second-order valence-electron chi connectivity index (χ2n) is 5.42. The lowest BCUT2D eigenvalue weighted by atomic mass is 9.90. The van der Waals surface area contributed by atoms with E-state index in [1.807, 2.05) is 18.7 Å². The van der Waals surface area contributed by atoms with Gasteiger partial charge in [-0.25, -0.2) is 0 Å². The highest BCUT2D eigenvalue weighted by Gasteiger charge is 2.43. The minimum Gasteiger partial charge on any atom is -0.372 e. The molecule has 2 heterocycles. The molecule has 0 aromatic rings. The molecule has 0 aromatic heterocycles. The first-order chi connectivity index (χ1) is 8.57. The molecule has 1 amide bonds. The van der Waals surface area contributed by atoms with Crippen LogP contribution in [-0.2, 0) is 14.3 Å². The molecule has 2 aliphatic heterocycles. The Morgan fingerprint density at radius 3 is 2.33 bits per heavy atom. The summed E-state index contributed by atoms with van der Waals surface area (Å²) in [6.45, 7) is 7.04. The van der Waals surface area contributed by atoms with E-state index >= 15 is 0 Å². The first kappa shape index (κ1) is 13.8. The van der Waals surface area contributed by atoms with Gasteiger partial charge in [0.15, 0.2) is 0 Å².